The molecule has 22 heavy (non-hydrogen) atoms. The van der Waals surface area contributed by atoms with Gasteiger partial charge in [0.25, 0.3) is 5.91 Å². The Kier molecular flexibility index (Phi) is 5.03. The molecule has 116 valence electrons. The number of benzene rings is 1. The molecule has 1 atom stereocenters. The number of hydrogen-bond acceptors (Lipinski definition) is 5. The standard InChI is InChI=1S/C16H17NO3S2/c1-9(2)13(15(19)20)17-14(18)12(22-16(17)21)8-11-6-4-10(3)5-7-11/h4-9,13H,1-3H3,(H,19,20)/p-1. The van der Waals surface area contributed by atoms with E-state index in [1.54, 1.807) is 19.9 Å². The van der Waals surface area contributed by atoms with E-state index in [4.69, 9.17) is 12.2 Å². The van der Waals surface area contributed by atoms with E-state index in [2.05, 4.69) is 0 Å². The quantitative estimate of drug-likeness (QED) is 0.622. The summed E-state index contributed by atoms with van der Waals surface area (Å²) in [6.07, 6.45) is 1.73. The molecule has 0 spiro atoms. The fraction of sp³-hybridized carbons (Fsp3) is 0.312. The van der Waals surface area contributed by atoms with Gasteiger partial charge in [-0.05, 0) is 24.5 Å². The summed E-state index contributed by atoms with van der Waals surface area (Å²) >= 11 is 6.30. The summed E-state index contributed by atoms with van der Waals surface area (Å²) in [4.78, 5) is 25.4. The molecule has 6 heteroatoms. The van der Waals surface area contributed by atoms with E-state index in [0.717, 1.165) is 27.8 Å². The SMILES string of the molecule is Cc1ccc(C=C2SC(=S)N(C(C(=O)[O-])C(C)C)C2=O)cc1. The molecular weight excluding hydrogens is 318 g/mol. The van der Waals surface area contributed by atoms with E-state index in [9.17, 15) is 14.7 Å². The van der Waals surface area contributed by atoms with Crippen LogP contribution >= 0.6 is 24.0 Å². The zero-order chi connectivity index (χ0) is 16.4. The number of aryl methyl sites for hydroxylation is 1. The average molecular weight is 334 g/mol. The first kappa shape index (κ1) is 16.7. The number of carboxylic acid groups (broad SMARTS) is 1. The average Bonchev–Trinajstić information content (AvgIpc) is 2.69. The van der Waals surface area contributed by atoms with Crippen LogP contribution in [0.1, 0.15) is 25.0 Å². The highest BCUT2D eigenvalue weighted by atomic mass is 32.2. The van der Waals surface area contributed by atoms with Gasteiger partial charge in [0, 0.05) is 0 Å². The van der Waals surface area contributed by atoms with Gasteiger partial charge in [-0.1, -0.05) is 67.7 Å². The third-order valence-electron chi connectivity index (χ3n) is 3.35. The maximum atomic E-state index is 12.5. The van der Waals surface area contributed by atoms with Gasteiger partial charge >= 0.3 is 0 Å². The van der Waals surface area contributed by atoms with E-state index >= 15 is 0 Å². The van der Waals surface area contributed by atoms with Gasteiger partial charge in [-0.2, -0.15) is 0 Å². The Bertz CT molecular complexity index is 650. The number of carbonyl (C=O) groups excluding carboxylic acids is 2. The van der Waals surface area contributed by atoms with Crippen LogP contribution in [-0.2, 0) is 9.59 Å². The van der Waals surface area contributed by atoms with E-state index < -0.39 is 12.0 Å². The maximum Gasteiger partial charge on any atom is 0.266 e. The van der Waals surface area contributed by atoms with E-state index in [-0.39, 0.29) is 16.1 Å². The van der Waals surface area contributed by atoms with Crippen molar-refractivity contribution in [1.82, 2.24) is 4.90 Å². The summed E-state index contributed by atoms with van der Waals surface area (Å²) in [5.74, 6) is -1.95. The topological polar surface area (TPSA) is 60.4 Å². The van der Waals surface area contributed by atoms with Crippen molar-refractivity contribution in [3.8, 4) is 0 Å². The van der Waals surface area contributed by atoms with Crippen LogP contribution in [0, 0.1) is 12.8 Å². The second-order valence-electron chi connectivity index (χ2n) is 5.47. The van der Waals surface area contributed by atoms with Crippen LogP contribution in [0.25, 0.3) is 6.08 Å². The van der Waals surface area contributed by atoms with Crippen molar-refractivity contribution >= 4 is 46.3 Å². The summed E-state index contributed by atoms with van der Waals surface area (Å²) in [7, 11) is 0. The Hall–Kier alpha value is -1.66. The molecule has 0 aliphatic carbocycles. The van der Waals surface area contributed by atoms with E-state index in [1.807, 2.05) is 31.2 Å². The fourth-order valence-electron chi connectivity index (χ4n) is 2.21. The van der Waals surface area contributed by atoms with Crippen molar-refractivity contribution in [2.75, 3.05) is 0 Å². The summed E-state index contributed by atoms with van der Waals surface area (Å²) in [5.41, 5.74) is 2.00. The molecule has 1 amide bonds. The molecule has 1 fully saturated rings. The summed E-state index contributed by atoms with van der Waals surface area (Å²) < 4.78 is 0.256. The summed E-state index contributed by atoms with van der Waals surface area (Å²) in [5, 5.41) is 11.3. The number of carboxylic acids is 1. The molecule has 1 aliphatic rings. The molecule has 0 saturated carbocycles. The predicted octanol–water partition coefficient (Wildman–Crippen LogP) is 1.97. The van der Waals surface area contributed by atoms with Crippen molar-refractivity contribution in [2.24, 2.45) is 5.92 Å². The third-order valence-corrected chi connectivity index (χ3v) is 4.68. The molecule has 1 saturated heterocycles. The lowest BCUT2D eigenvalue weighted by Crippen LogP contribution is -2.52. The monoisotopic (exact) mass is 334 g/mol. The van der Waals surface area contributed by atoms with Gasteiger partial charge in [0.1, 0.15) is 4.32 Å². The lowest BCUT2D eigenvalue weighted by Gasteiger charge is -2.30. The Labute approximate surface area is 139 Å². The minimum atomic E-state index is -1.29. The number of thiocarbonyl (C=S) groups is 1. The van der Waals surface area contributed by atoms with E-state index in [0.29, 0.717) is 4.91 Å². The van der Waals surface area contributed by atoms with Crippen molar-refractivity contribution in [1.29, 1.82) is 0 Å². The largest absolute Gasteiger partial charge is 0.548 e. The van der Waals surface area contributed by atoms with E-state index in [1.165, 1.54) is 0 Å². The molecule has 1 heterocycles. The Morgan fingerprint density at radius 1 is 1.32 bits per heavy atom. The van der Waals surface area contributed by atoms with Crippen molar-refractivity contribution in [3.05, 3.63) is 40.3 Å². The molecule has 0 bridgehead atoms. The summed E-state index contributed by atoms with van der Waals surface area (Å²) in [6, 6.07) is 6.66. The van der Waals surface area contributed by atoms with Gasteiger partial charge in [0.2, 0.25) is 0 Å². The highest BCUT2D eigenvalue weighted by molar-refractivity contribution is 8.26. The fourth-order valence-corrected chi connectivity index (χ4v) is 3.54. The first-order valence-corrected chi connectivity index (χ1v) is 8.08. The molecule has 1 aliphatic heterocycles. The maximum absolute atomic E-state index is 12.5. The van der Waals surface area contributed by atoms with Crippen LogP contribution in [0.3, 0.4) is 0 Å². The first-order valence-electron chi connectivity index (χ1n) is 6.86. The Balaban J connectivity index is 2.32. The minimum absolute atomic E-state index is 0.256. The van der Waals surface area contributed by atoms with Crippen LogP contribution in [0.5, 0.6) is 0 Å². The van der Waals surface area contributed by atoms with Gasteiger partial charge in [-0.15, -0.1) is 0 Å². The number of hydrogen-bond donors (Lipinski definition) is 0. The zero-order valence-corrected chi connectivity index (χ0v) is 14.2. The molecule has 1 unspecified atom stereocenters. The molecule has 0 aromatic heterocycles. The molecule has 4 nitrogen and oxygen atoms in total. The molecule has 0 N–H and O–H groups in total. The number of amides is 1. The zero-order valence-electron chi connectivity index (χ0n) is 12.5. The lowest BCUT2D eigenvalue weighted by atomic mass is 10.0. The number of aliphatic carboxylic acids is 1. The second-order valence-corrected chi connectivity index (χ2v) is 7.15. The second kappa shape index (κ2) is 6.62. The lowest BCUT2D eigenvalue weighted by molar-refractivity contribution is -0.311. The molecule has 1 aromatic carbocycles. The van der Waals surface area contributed by atoms with Gasteiger partial charge in [-0.25, -0.2) is 0 Å². The molecule has 2 rings (SSSR count). The number of thioether (sulfide) groups is 1. The van der Waals surface area contributed by atoms with Crippen LogP contribution < -0.4 is 5.11 Å². The van der Waals surface area contributed by atoms with Gasteiger partial charge in [0.15, 0.2) is 0 Å². The number of carbonyl (C=O) groups is 2. The number of nitrogens with zero attached hydrogens (tertiary/aromatic N) is 1. The highest BCUT2D eigenvalue weighted by Gasteiger charge is 2.38. The van der Waals surface area contributed by atoms with Crippen LogP contribution in [0.4, 0.5) is 0 Å². The van der Waals surface area contributed by atoms with Gasteiger partial charge in [-0.3, -0.25) is 9.69 Å². The number of rotatable bonds is 4. The molecular formula is C16H16NO3S2-. The van der Waals surface area contributed by atoms with Crippen molar-refractivity contribution in [2.45, 2.75) is 26.8 Å². The van der Waals surface area contributed by atoms with Crippen molar-refractivity contribution < 1.29 is 14.7 Å². The normalized spacial score (nSPS) is 18.4. The van der Waals surface area contributed by atoms with Crippen LogP contribution in [0.2, 0.25) is 0 Å². The Morgan fingerprint density at radius 3 is 2.41 bits per heavy atom. The molecule has 0 radical (unpaired) electrons. The smallest absolute Gasteiger partial charge is 0.266 e. The van der Waals surface area contributed by atoms with Gasteiger partial charge < -0.3 is 9.90 Å². The van der Waals surface area contributed by atoms with Gasteiger partial charge in [0.05, 0.1) is 16.9 Å². The third kappa shape index (κ3) is 3.39. The van der Waals surface area contributed by atoms with Crippen LogP contribution in [0.15, 0.2) is 29.2 Å². The molecule has 1 aromatic rings. The highest BCUT2D eigenvalue weighted by Crippen LogP contribution is 2.35. The first-order chi connectivity index (χ1) is 10.3. The predicted molar refractivity (Wildman–Crippen MR) is 89.8 cm³/mol. The minimum Gasteiger partial charge on any atom is -0.548 e. The van der Waals surface area contributed by atoms with Crippen molar-refractivity contribution in [3.63, 3.8) is 0 Å². The Morgan fingerprint density at radius 2 is 1.91 bits per heavy atom. The summed E-state index contributed by atoms with van der Waals surface area (Å²) in [6.45, 7) is 5.43. The van der Waals surface area contributed by atoms with Crippen LogP contribution in [-0.4, -0.2) is 27.1 Å².